The van der Waals surface area contributed by atoms with Gasteiger partial charge in [0.05, 0.1) is 0 Å². The molecule has 2 rings (SSSR count). The van der Waals surface area contributed by atoms with E-state index in [1.54, 1.807) is 0 Å². The molecule has 6 nitrogen and oxygen atoms in total. The molecule has 1 aliphatic carbocycles. The van der Waals surface area contributed by atoms with Crippen molar-refractivity contribution in [2.24, 2.45) is 11.8 Å². The lowest BCUT2D eigenvalue weighted by Gasteiger charge is -2.38. The van der Waals surface area contributed by atoms with Crippen molar-refractivity contribution in [1.29, 1.82) is 0 Å². The van der Waals surface area contributed by atoms with E-state index in [1.165, 1.54) is 6.92 Å². The van der Waals surface area contributed by atoms with E-state index in [-0.39, 0.29) is 41.1 Å². The number of piperidine rings is 1. The van der Waals surface area contributed by atoms with Crippen molar-refractivity contribution in [2.45, 2.75) is 77.8 Å². The molecule has 0 spiro atoms. The van der Waals surface area contributed by atoms with E-state index in [1.807, 2.05) is 25.7 Å². The second-order valence-electron chi connectivity index (χ2n) is 8.54. The molecule has 2 aliphatic rings. The van der Waals surface area contributed by atoms with Gasteiger partial charge in [0.25, 0.3) is 0 Å². The van der Waals surface area contributed by atoms with E-state index in [0.29, 0.717) is 13.1 Å². The Morgan fingerprint density at radius 3 is 2.00 bits per heavy atom. The summed E-state index contributed by atoms with van der Waals surface area (Å²) in [5, 5.41) is 5.98. The zero-order valence-corrected chi connectivity index (χ0v) is 16.1. The predicted molar refractivity (Wildman–Crippen MR) is 96.8 cm³/mol. The van der Waals surface area contributed by atoms with Gasteiger partial charge in [0, 0.05) is 43.4 Å². The van der Waals surface area contributed by atoms with Gasteiger partial charge in [0.1, 0.15) is 0 Å². The highest BCUT2D eigenvalue weighted by Crippen LogP contribution is 2.33. The summed E-state index contributed by atoms with van der Waals surface area (Å²) in [5.41, 5.74) is -0.279. The van der Waals surface area contributed by atoms with Crippen molar-refractivity contribution in [3.8, 4) is 0 Å². The van der Waals surface area contributed by atoms with Crippen LogP contribution in [0, 0.1) is 11.8 Å². The Kier molecular flexibility index (Phi) is 6.47. The number of hydrogen-bond donors (Lipinski definition) is 2. The SMILES string of the molecule is CC(=O)NC1CCN(C(=O)[C@H]2CCCC[C@H]2C(=O)NC(C)(C)C)CC1. The molecule has 0 unspecified atom stereocenters. The first-order valence-electron chi connectivity index (χ1n) is 9.55. The first kappa shape index (κ1) is 19.7. The molecule has 25 heavy (non-hydrogen) atoms. The standard InChI is InChI=1S/C19H33N3O3/c1-13(23)20-14-9-11-22(12-10-14)18(25)16-8-6-5-7-15(16)17(24)21-19(2,3)4/h14-16H,5-12H2,1-4H3,(H,20,23)(H,21,24)/t15-,16+/m1/s1. The quantitative estimate of drug-likeness (QED) is 0.814. The van der Waals surface area contributed by atoms with Crippen LogP contribution in [0.3, 0.4) is 0 Å². The molecule has 1 saturated carbocycles. The fourth-order valence-electron chi connectivity index (χ4n) is 3.97. The average Bonchev–Trinajstić information content (AvgIpc) is 2.53. The topological polar surface area (TPSA) is 78.5 Å². The summed E-state index contributed by atoms with van der Waals surface area (Å²) in [6, 6.07) is 0.160. The molecule has 142 valence electrons. The summed E-state index contributed by atoms with van der Waals surface area (Å²) in [7, 11) is 0. The third-order valence-corrected chi connectivity index (χ3v) is 5.13. The Morgan fingerprint density at radius 2 is 1.48 bits per heavy atom. The minimum atomic E-state index is -0.279. The molecule has 0 aromatic rings. The van der Waals surface area contributed by atoms with Gasteiger partial charge in [-0.15, -0.1) is 0 Å². The van der Waals surface area contributed by atoms with E-state index in [0.717, 1.165) is 38.5 Å². The van der Waals surface area contributed by atoms with Gasteiger partial charge >= 0.3 is 0 Å². The Labute approximate surface area is 151 Å². The number of carbonyl (C=O) groups is 3. The number of carbonyl (C=O) groups excluding carboxylic acids is 3. The number of rotatable bonds is 3. The van der Waals surface area contributed by atoms with Crippen molar-refractivity contribution in [1.82, 2.24) is 15.5 Å². The second kappa shape index (κ2) is 8.19. The third-order valence-electron chi connectivity index (χ3n) is 5.13. The number of nitrogens with one attached hydrogen (secondary N) is 2. The summed E-state index contributed by atoms with van der Waals surface area (Å²) in [6.07, 6.45) is 5.19. The Bertz CT molecular complexity index is 505. The Balaban J connectivity index is 1.96. The molecule has 2 fully saturated rings. The van der Waals surface area contributed by atoms with Crippen LogP contribution in [-0.2, 0) is 14.4 Å². The maximum atomic E-state index is 13.0. The number of amides is 3. The number of nitrogens with zero attached hydrogens (tertiary/aromatic N) is 1. The maximum absolute atomic E-state index is 13.0. The van der Waals surface area contributed by atoms with Crippen molar-refractivity contribution in [2.75, 3.05) is 13.1 Å². The van der Waals surface area contributed by atoms with Gasteiger partial charge in [0.2, 0.25) is 17.7 Å². The fraction of sp³-hybridized carbons (Fsp3) is 0.842. The zero-order valence-electron chi connectivity index (χ0n) is 16.1. The monoisotopic (exact) mass is 351 g/mol. The van der Waals surface area contributed by atoms with Crippen LogP contribution in [0.2, 0.25) is 0 Å². The van der Waals surface area contributed by atoms with Crippen molar-refractivity contribution >= 4 is 17.7 Å². The average molecular weight is 351 g/mol. The molecule has 0 radical (unpaired) electrons. The van der Waals surface area contributed by atoms with Gasteiger partial charge in [-0.2, -0.15) is 0 Å². The van der Waals surface area contributed by atoms with Crippen molar-refractivity contribution in [3.63, 3.8) is 0 Å². The highest BCUT2D eigenvalue weighted by Gasteiger charge is 2.39. The van der Waals surface area contributed by atoms with Gasteiger partial charge in [-0.05, 0) is 46.5 Å². The predicted octanol–water partition coefficient (Wildman–Crippen LogP) is 1.83. The van der Waals surface area contributed by atoms with Crippen molar-refractivity contribution < 1.29 is 14.4 Å². The molecule has 1 heterocycles. The van der Waals surface area contributed by atoms with E-state index in [2.05, 4.69) is 10.6 Å². The van der Waals surface area contributed by atoms with E-state index in [4.69, 9.17) is 0 Å². The van der Waals surface area contributed by atoms with E-state index >= 15 is 0 Å². The second-order valence-corrected chi connectivity index (χ2v) is 8.54. The Hall–Kier alpha value is -1.59. The molecule has 1 saturated heterocycles. The number of likely N-dealkylation sites (tertiary alicyclic amines) is 1. The first-order valence-corrected chi connectivity index (χ1v) is 9.55. The van der Waals surface area contributed by atoms with Crippen LogP contribution in [-0.4, -0.2) is 47.3 Å². The highest BCUT2D eigenvalue weighted by molar-refractivity contribution is 5.88. The summed E-state index contributed by atoms with van der Waals surface area (Å²) < 4.78 is 0. The number of hydrogen-bond acceptors (Lipinski definition) is 3. The smallest absolute Gasteiger partial charge is 0.226 e. The molecular formula is C19H33N3O3. The summed E-state index contributed by atoms with van der Waals surface area (Å²) in [6.45, 7) is 8.76. The summed E-state index contributed by atoms with van der Waals surface area (Å²) in [5.74, 6) is -0.299. The lowest BCUT2D eigenvalue weighted by molar-refractivity contribution is -0.145. The fourth-order valence-corrected chi connectivity index (χ4v) is 3.97. The maximum Gasteiger partial charge on any atom is 0.226 e. The van der Waals surface area contributed by atoms with E-state index in [9.17, 15) is 14.4 Å². The third kappa shape index (κ3) is 5.72. The van der Waals surface area contributed by atoms with Crippen LogP contribution in [0.1, 0.15) is 66.2 Å². The van der Waals surface area contributed by atoms with Crippen LogP contribution < -0.4 is 10.6 Å². The molecule has 2 N–H and O–H groups in total. The molecule has 0 aromatic heterocycles. The molecule has 0 bridgehead atoms. The summed E-state index contributed by atoms with van der Waals surface area (Å²) in [4.78, 5) is 38.7. The normalized spacial score (nSPS) is 25.4. The largest absolute Gasteiger partial charge is 0.353 e. The molecule has 0 aromatic carbocycles. The molecule has 1 aliphatic heterocycles. The van der Waals surface area contributed by atoms with Crippen LogP contribution in [0.25, 0.3) is 0 Å². The lowest BCUT2D eigenvalue weighted by atomic mass is 9.77. The van der Waals surface area contributed by atoms with Gasteiger partial charge in [-0.3, -0.25) is 14.4 Å². The van der Waals surface area contributed by atoms with Gasteiger partial charge in [-0.1, -0.05) is 12.8 Å². The van der Waals surface area contributed by atoms with Crippen LogP contribution in [0.4, 0.5) is 0 Å². The minimum Gasteiger partial charge on any atom is -0.353 e. The zero-order chi connectivity index (χ0) is 18.6. The van der Waals surface area contributed by atoms with E-state index < -0.39 is 0 Å². The van der Waals surface area contributed by atoms with Crippen LogP contribution in [0.15, 0.2) is 0 Å². The highest BCUT2D eigenvalue weighted by atomic mass is 16.2. The van der Waals surface area contributed by atoms with Crippen LogP contribution in [0.5, 0.6) is 0 Å². The molecular weight excluding hydrogens is 318 g/mol. The van der Waals surface area contributed by atoms with Gasteiger partial charge in [-0.25, -0.2) is 0 Å². The van der Waals surface area contributed by atoms with Gasteiger partial charge < -0.3 is 15.5 Å². The summed E-state index contributed by atoms with van der Waals surface area (Å²) >= 11 is 0. The van der Waals surface area contributed by atoms with Crippen LogP contribution >= 0.6 is 0 Å². The van der Waals surface area contributed by atoms with Crippen molar-refractivity contribution in [3.05, 3.63) is 0 Å². The van der Waals surface area contributed by atoms with Gasteiger partial charge in [0.15, 0.2) is 0 Å². The molecule has 6 heteroatoms. The first-order chi connectivity index (χ1) is 11.7. The molecule has 3 amide bonds. The molecule has 2 atom stereocenters. The Morgan fingerprint density at radius 1 is 0.920 bits per heavy atom. The lowest BCUT2D eigenvalue weighted by Crippen LogP contribution is -2.52. The minimum absolute atomic E-state index is 0.0127.